The van der Waals surface area contributed by atoms with Crippen molar-refractivity contribution in [3.63, 3.8) is 0 Å². The van der Waals surface area contributed by atoms with Crippen molar-refractivity contribution in [1.82, 2.24) is 14.7 Å². The molecule has 9 nitrogen and oxygen atoms in total. The highest BCUT2D eigenvalue weighted by Crippen LogP contribution is 2.16. The predicted octanol–water partition coefficient (Wildman–Crippen LogP) is 1.34. The van der Waals surface area contributed by atoms with Crippen molar-refractivity contribution in [1.29, 1.82) is 0 Å². The summed E-state index contributed by atoms with van der Waals surface area (Å²) in [5.74, 6) is -2.59. The minimum Gasteiger partial charge on any atom is -0.480 e. The SMILES string of the molecule is CC(C)C(=S)Cc1ccc(CC2CN(CC(=O)O)CCN(CC(=O)O)CCN2CC(=O)O)cc1. The summed E-state index contributed by atoms with van der Waals surface area (Å²) < 4.78 is 0. The summed E-state index contributed by atoms with van der Waals surface area (Å²) in [6, 6.07) is 7.86. The topological polar surface area (TPSA) is 122 Å². The Morgan fingerprint density at radius 2 is 1.35 bits per heavy atom. The van der Waals surface area contributed by atoms with E-state index >= 15 is 0 Å². The molecular formula is C24H35N3O6S. The van der Waals surface area contributed by atoms with Crippen molar-refractivity contribution in [3.05, 3.63) is 35.4 Å². The molecule has 0 bridgehead atoms. The molecule has 1 saturated heterocycles. The van der Waals surface area contributed by atoms with Crippen LogP contribution < -0.4 is 0 Å². The number of benzene rings is 1. The second-order valence-electron chi connectivity index (χ2n) is 9.14. The molecule has 10 heteroatoms. The Labute approximate surface area is 206 Å². The zero-order valence-corrected chi connectivity index (χ0v) is 20.7. The summed E-state index contributed by atoms with van der Waals surface area (Å²) in [6.07, 6.45) is 1.28. The van der Waals surface area contributed by atoms with Crippen molar-refractivity contribution in [3.8, 4) is 0 Å². The maximum Gasteiger partial charge on any atom is 0.317 e. The number of nitrogens with zero attached hydrogens (tertiary/aromatic N) is 3. The molecule has 1 aromatic rings. The maximum atomic E-state index is 11.6. The van der Waals surface area contributed by atoms with E-state index in [0.29, 0.717) is 45.1 Å². The molecule has 2 rings (SSSR count). The summed E-state index contributed by atoms with van der Waals surface area (Å²) in [4.78, 5) is 40.6. The molecule has 0 aromatic heterocycles. The van der Waals surface area contributed by atoms with Gasteiger partial charge in [0.25, 0.3) is 0 Å². The van der Waals surface area contributed by atoms with Gasteiger partial charge in [0.2, 0.25) is 0 Å². The fourth-order valence-corrected chi connectivity index (χ4v) is 4.25. The van der Waals surface area contributed by atoms with Gasteiger partial charge in [0.05, 0.1) is 19.6 Å². The van der Waals surface area contributed by atoms with Crippen molar-refractivity contribution in [2.75, 3.05) is 52.4 Å². The zero-order valence-electron chi connectivity index (χ0n) is 19.9. The Morgan fingerprint density at radius 3 is 1.91 bits per heavy atom. The Morgan fingerprint density at radius 1 is 0.853 bits per heavy atom. The summed E-state index contributed by atoms with van der Waals surface area (Å²) >= 11 is 5.45. The Bertz CT molecular complexity index is 861. The number of hydrogen-bond acceptors (Lipinski definition) is 7. The van der Waals surface area contributed by atoms with Gasteiger partial charge in [-0.25, -0.2) is 0 Å². The van der Waals surface area contributed by atoms with Gasteiger partial charge in [0.1, 0.15) is 0 Å². The summed E-state index contributed by atoms with van der Waals surface area (Å²) in [5.41, 5.74) is 2.15. The molecule has 3 N–H and O–H groups in total. The highest BCUT2D eigenvalue weighted by Gasteiger charge is 2.27. The Hall–Kier alpha value is -2.40. The van der Waals surface area contributed by atoms with E-state index in [9.17, 15) is 29.7 Å². The number of hydrogen-bond donors (Lipinski definition) is 3. The molecule has 0 aliphatic carbocycles. The molecule has 1 aliphatic heterocycles. The number of aliphatic carboxylic acids is 3. The highest BCUT2D eigenvalue weighted by molar-refractivity contribution is 7.80. The first-order chi connectivity index (χ1) is 16.0. The lowest BCUT2D eigenvalue weighted by molar-refractivity contribution is -0.140. The lowest BCUT2D eigenvalue weighted by Gasteiger charge is -2.33. The number of thiocarbonyl (C=S) groups is 1. The van der Waals surface area contributed by atoms with Crippen LogP contribution in [0.1, 0.15) is 25.0 Å². The summed E-state index contributed by atoms with van der Waals surface area (Å²) in [7, 11) is 0. The average molecular weight is 494 g/mol. The normalized spacial score (nSPS) is 18.7. The molecule has 34 heavy (non-hydrogen) atoms. The van der Waals surface area contributed by atoms with Gasteiger partial charge in [-0.3, -0.25) is 29.1 Å². The molecule has 0 radical (unpaired) electrons. The number of carbonyl (C=O) groups is 3. The van der Waals surface area contributed by atoms with Crippen LogP contribution in [0.25, 0.3) is 0 Å². The Balaban J connectivity index is 2.24. The molecule has 1 unspecified atom stereocenters. The third-order valence-corrected chi connectivity index (χ3v) is 6.61. The van der Waals surface area contributed by atoms with Crippen molar-refractivity contribution in [2.45, 2.75) is 32.7 Å². The average Bonchev–Trinajstić information content (AvgIpc) is 2.80. The van der Waals surface area contributed by atoms with Gasteiger partial charge in [0.15, 0.2) is 0 Å². The first kappa shape index (κ1) is 27.8. The van der Waals surface area contributed by atoms with E-state index < -0.39 is 17.9 Å². The van der Waals surface area contributed by atoms with E-state index in [0.717, 1.165) is 22.4 Å². The van der Waals surface area contributed by atoms with Crippen LogP contribution in [-0.2, 0) is 27.2 Å². The van der Waals surface area contributed by atoms with Crippen LogP contribution in [0.2, 0.25) is 0 Å². The number of carboxylic acids is 3. The lowest BCUT2D eigenvalue weighted by atomic mass is 9.98. The van der Waals surface area contributed by atoms with Gasteiger partial charge in [-0.2, -0.15) is 0 Å². The molecule has 1 atom stereocenters. The predicted molar refractivity (Wildman–Crippen MR) is 132 cm³/mol. The van der Waals surface area contributed by atoms with E-state index in [2.05, 4.69) is 13.8 Å². The first-order valence-electron chi connectivity index (χ1n) is 11.5. The second-order valence-corrected chi connectivity index (χ2v) is 9.66. The van der Waals surface area contributed by atoms with Crippen molar-refractivity contribution >= 4 is 35.0 Å². The Kier molecular flexibility index (Phi) is 11.0. The third kappa shape index (κ3) is 9.84. The van der Waals surface area contributed by atoms with Crippen LogP contribution in [0.4, 0.5) is 0 Å². The van der Waals surface area contributed by atoms with E-state index in [4.69, 9.17) is 12.2 Å². The van der Waals surface area contributed by atoms with E-state index in [1.807, 2.05) is 29.2 Å². The van der Waals surface area contributed by atoms with E-state index in [-0.39, 0.29) is 25.7 Å². The van der Waals surface area contributed by atoms with E-state index in [1.54, 1.807) is 9.80 Å². The maximum absolute atomic E-state index is 11.6. The molecular weight excluding hydrogens is 458 g/mol. The van der Waals surface area contributed by atoms with Gasteiger partial charge < -0.3 is 15.3 Å². The van der Waals surface area contributed by atoms with E-state index in [1.165, 1.54) is 0 Å². The van der Waals surface area contributed by atoms with Crippen LogP contribution >= 0.6 is 12.2 Å². The first-order valence-corrected chi connectivity index (χ1v) is 11.9. The van der Waals surface area contributed by atoms with Crippen molar-refractivity contribution < 1.29 is 29.7 Å². The molecule has 0 amide bonds. The molecule has 188 valence electrons. The second kappa shape index (κ2) is 13.5. The number of rotatable bonds is 11. The molecule has 1 aromatic carbocycles. The number of carboxylic acid groups (broad SMARTS) is 3. The molecule has 0 saturated carbocycles. The molecule has 1 fully saturated rings. The highest BCUT2D eigenvalue weighted by atomic mass is 32.1. The van der Waals surface area contributed by atoms with Crippen LogP contribution in [0.5, 0.6) is 0 Å². The van der Waals surface area contributed by atoms with Gasteiger partial charge in [-0.05, 0) is 28.3 Å². The molecule has 1 aliphatic rings. The van der Waals surface area contributed by atoms with Crippen LogP contribution in [0.15, 0.2) is 24.3 Å². The molecule has 0 spiro atoms. The third-order valence-electron chi connectivity index (χ3n) is 5.99. The van der Waals surface area contributed by atoms with Gasteiger partial charge in [-0.15, -0.1) is 0 Å². The minimum absolute atomic E-state index is 0.174. The zero-order chi connectivity index (χ0) is 25.3. The van der Waals surface area contributed by atoms with Gasteiger partial charge >= 0.3 is 17.9 Å². The molecule has 1 heterocycles. The smallest absolute Gasteiger partial charge is 0.317 e. The minimum atomic E-state index is -0.976. The van der Waals surface area contributed by atoms with Crippen LogP contribution in [-0.4, -0.2) is 111 Å². The monoisotopic (exact) mass is 493 g/mol. The van der Waals surface area contributed by atoms with Crippen LogP contribution in [0, 0.1) is 5.92 Å². The summed E-state index contributed by atoms with van der Waals surface area (Å²) in [5, 5.41) is 28.1. The summed E-state index contributed by atoms with van der Waals surface area (Å²) in [6.45, 7) is 5.52. The van der Waals surface area contributed by atoms with Crippen LogP contribution in [0.3, 0.4) is 0 Å². The van der Waals surface area contributed by atoms with Gasteiger partial charge in [0, 0.05) is 45.2 Å². The van der Waals surface area contributed by atoms with Crippen molar-refractivity contribution in [2.24, 2.45) is 5.92 Å². The largest absolute Gasteiger partial charge is 0.480 e. The fourth-order valence-electron chi connectivity index (χ4n) is 4.08. The quantitative estimate of drug-likeness (QED) is 0.389. The van der Waals surface area contributed by atoms with Gasteiger partial charge in [-0.1, -0.05) is 50.3 Å². The lowest BCUT2D eigenvalue weighted by Crippen LogP contribution is -2.49. The standard InChI is InChI=1S/C24H35N3O6S/c1-17(2)21(34)12-19-5-3-18(4-6-19)11-20-13-26(15-23(30)31)8-7-25(14-22(28)29)9-10-27(20)16-24(32)33/h3-6,17,20H,7-16H2,1-2H3,(H,28,29)(H,30,31)(H,32,33). The fraction of sp³-hybridized carbons (Fsp3) is 0.583.